The van der Waals surface area contributed by atoms with E-state index in [9.17, 15) is 14.9 Å². The average Bonchev–Trinajstić information content (AvgIpc) is 2.76. The summed E-state index contributed by atoms with van der Waals surface area (Å²) in [6.45, 7) is 0.234. The maximum atomic E-state index is 10.9. The second-order valence-electron chi connectivity index (χ2n) is 3.71. The molecule has 0 N–H and O–H groups in total. The SMILES string of the molecule is O=Cc1cccn1Cc1cc(Cl)ccc1[N+](=O)[O-]. The normalized spacial score (nSPS) is 10.3. The van der Waals surface area contributed by atoms with Crippen molar-refractivity contribution < 1.29 is 9.72 Å². The summed E-state index contributed by atoms with van der Waals surface area (Å²) in [6.07, 6.45) is 2.39. The molecule has 0 atom stereocenters. The first-order valence-corrected chi connectivity index (χ1v) is 5.53. The highest BCUT2D eigenvalue weighted by atomic mass is 35.5. The largest absolute Gasteiger partial charge is 0.341 e. The van der Waals surface area contributed by atoms with Crippen LogP contribution >= 0.6 is 11.6 Å². The van der Waals surface area contributed by atoms with Crippen LogP contribution in [0.4, 0.5) is 5.69 Å². The van der Waals surface area contributed by atoms with Crippen molar-refractivity contribution in [2.24, 2.45) is 0 Å². The lowest BCUT2D eigenvalue weighted by molar-refractivity contribution is -0.385. The molecule has 0 aliphatic heterocycles. The monoisotopic (exact) mass is 264 g/mol. The van der Waals surface area contributed by atoms with Gasteiger partial charge in [0.15, 0.2) is 6.29 Å². The van der Waals surface area contributed by atoms with Crippen LogP contribution in [-0.4, -0.2) is 15.8 Å². The van der Waals surface area contributed by atoms with E-state index in [4.69, 9.17) is 11.6 Å². The number of carbonyl (C=O) groups is 1. The van der Waals surface area contributed by atoms with Gasteiger partial charge >= 0.3 is 0 Å². The predicted octanol–water partition coefficient (Wildman–Crippen LogP) is 2.91. The summed E-state index contributed by atoms with van der Waals surface area (Å²) in [6, 6.07) is 7.72. The third kappa shape index (κ3) is 2.41. The summed E-state index contributed by atoms with van der Waals surface area (Å²) in [5.74, 6) is 0. The minimum absolute atomic E-state index is 0.00931. The van der Waals surface area contributed by atoms with Crippen molar-refractivity contribution in [1.82, 2.24) is 4.57 Å². The van der Waals surface area contributed by atoms with Gasteiger partial charge in [-0.15, -0.1) is 0 Å². The zero-order chi connectivity index (χ0) is 13.1. The standard InChI is InChI=1S/C12H9ClN2O3/c13-10-3-4-12(15(17)18)9(6-10)7-14-5-1-2-11(14)8-16/h1-6,8H,7H2. The highest BCUT2D eigenvalue weighted by Crippen LogP contribution is 2.24. The van der Waals surface area contributed by atoms with E-state index in [0.29, 0.717) is 22.6 Å². The highest BCUT2D eigenvalue weighted by Gasteiger charge is 2.14. The second-order valence-corrected chi connectivity index (χ2v) is 4.15. The molecule has 18 heavy (non-hydrogen) atoms. The molecule has 0 fully saturated rings. The zero-order valence-corrected chi connectivity index (χ0v) is 10.0. The quantitative estimate of drug-likeness (QED) is 0.484. The number of hydrogen-bond donors (Lipinski definition) is 0. The van der Waals surface area contributed by atoms with Gasteiger partial charge in [0.05, 0.1) is 22.7 Å². The van der Waals surface area contributed by atoms with E-state index in [1.807, 2.05) is 0 Å². The maximum Gasteiger partial charge on any atom is 0.274 e. The Morgan fingerprint density at radius 1 is 1.39 bits per heavy atom. The third-order valence-corrected chi connectivity index (χ3v) is 2.80. The molecule has 2 rings (SSSR count). The first-order valence-electron chi connectivity index (χ1n) is 5.15. The number of aldehydes is 1. The van der Waals surface area contributed by atoms with Crippen molar-refractivity contribution in [1.29, 1.82) is 0 Å². The van der Waals surface area contributed by atoms with E-state index >= 15 is 0 Å². The Morgan fingerprint density at radius 3 is 2.83 bits per heavy atom. The fraction of sp³-hybridized carbons (Fsp3) is 0.0833. The first kappa shape index (κ1) is 12.3. The summed E-state index contributed by atoms with van der Waals surface area (Å²) in [4.78, 5) is 21.2. The van der Waals surface area contributed by atoms with Gasteiger partial charge in [0.1, 0.15) is 0 Å². The Balaban J connectivity index is 2.42. The summed E-state index contributed by atoms with van der Waals surface area (Å²) < 4.78 is 1.63. The van der Waals surface area contributed by atoms with Gasteiger partial charge in [-0.05, 0) is 24.3 Å². The van der Waals surface area contributed by atoms with Crippen molar-refractivity contribution in [3.63, 3.8) is 0 Å². The van der Waals surface area contributed by atoms with Crippen LogP contribution in [0, 0.1) is 10.1 Å². The zero-order valence-electron chi connectivity index (χ0n) is 9.25. The van der Waals surface area contributed by atoms with Gasteiger partial charge in [-0.1, -0.05) is 11.6 Å². The molecule has 1 aromatic carbocycles. The number of nitro benzene ring substituents is 1. The van der Waals surface area contributed by atoms with Crippen LogP contribution in [0.1, 0.15) is 16.1 Å². The van der Waals surface area contributed by atoms with Gasteiger partial charge in [-0.25, -0.2) is 0 Å². The number of aromatic nitrogens is 1. The van der Waals surface area contributed by atoms with Crippen molar-refractivity contribution >= 4 is 23.6 Å². The Morgan fingerprint density at radius 2 is 2.17 bits per heavy atom. The molecular weight excluding hydrogens is 256 g/mol. The van der Waals surface area contributed by atoms with Gasteiger partial charge in [-0.3, -0.25) is 14.9 Å². The van der Waals surface area contributed by atoms with Crippen molar-refractivity contribution in [3.8, 4) is 0 Å². The molecule has 0 aliphatic carbocycles. The van der Waals surface area contributed by atoms with E-state index < -0.39 is 4.92 Å². The number of benzene rings is 1. The fourth-order valence-corrected chi connectivity index (χ4v) is 1.92. The number of rotatable bonds is 4. The van der Waals surface area contributed by atoms with E-state index in [-0.39, 0.29) is 12.2 Å². The minimum atomic E-state index is -0.463. The number of hydrogen-bond acceptors (Lipinski definition) is 3. The van der Waals surface area contributed by atoms with Gasteiger partial charge < -0.3 is 4.57 Å². The second kappa shape index (κ2) is 5.01. The van der Waals surface area contributed by atoms with Crippen molar-refractivity contribution in [2.75, 3.05) is 0 Å². The molecule has 0 unspecified atom stereocenters. The Labute approximate surface area is 108 Å². The molecule has 1 aromatic heterocycles. The van der Waals surface area contributed by atoms with Gasteiger partial charge in [-0.2, -0.15) is 0 Å². The Bertz CT molecular complexity index is 607. The number of carbonyl (C=O) groups excluding carboxylic acids is 1. The van der Waals surface area contributed by atoms with Crippen LogP contribution in [-0.2, 0) is 6.54 Å². The summed E-state index contributed by atoms with van der Waals surface area (Å²) in [5, 5.41) is 11.3. The summed E-state index contributed by atoms with van der Waals surface area (Å²) >= 11 is 5.83. The molecule has 0 saturated heterocycles. The summed E-state index contributed by atoms with van der Waals surface area (Å²) in [5.41, 5.74) is 0.918. The van der Waals surface area contributed by atoms with Gasteiger partial charge in [0.25, 0.3) is 5.69 Å². The molecule has 0 radical (unpaired) electrons. The lowest BCUT2D eigenvalue weighted by Crippen LogP contribution is -2.05. The first-order chi connectivity index (χ1) is 8.61. The molecule has 0 saturated carbocycles. The van der Waals surface area contributed by atoms with E-state index in [0.717, 1.165) is 0 Å². The minimum Gasteiger partial charge on any atom is -0.341 e. The number of nitrogens with zero attached hydrogens (tertiary/aromatic N) is 2. The molecule has 6 heteroatoms. The van der Waals surface area contributed by atoms with Crippen LogP contribution < -0.4 is 0 Å². The van der Waals surface area contributed by atoms with Crippen molar-refractivity contribution in [3.05, 3.63) is 62.9 Å². The van der Waals surface area contributed by atoms with Gasteiger partial charge in [0.2, 0.25) is 0 Å². The summed E-state index contributed by atoms with van der Waals surface area (Å²) in [7, 11) is 0. The number of nitro groups is 1. The van der Waals surface area contributed by atoms with Crippen LogP contribution in [0.5, 0.6) is 0 Å². The Kier molecular flexibility index (Phi) is 3.43. The van der Waals surface area contributed by atoms with E-state index in [2.05, 4.69) is 0 Å². The third-order valence-electron chi connectivity index (χ3n) is 2.56. The van der Waals surface area contributed by atoms with Crippen molar-refractivity contribution in [2.45, 2.75) is 6.54 Å². The Hall–Kier alpha value is -2.14. The predicted molar refractivity (Wildman–Crippen MR) is 67.0 cm³/mol. The molecule has 0 bridgehead atoms. The maximum absolute atomic E-state index is 10.9. The molecule has 92 valence electrons. The average molecular weight is 265 g/mol. The molecule has 2 aromatic rings. The lowest BCUT2D eigenvalue weighted by atomic mass is 10.2. The molecule has 1 heterocycles. The fourth-order valence-electron chi connectivity index (χ4n) is 1.72. The van der Waals surface area contributed by atoms with E-state index in [1.165, 1.54) is 18.2 Å². The number of halogens is 1. The van der Waals surface area contributed by atoms with Crippen LogP contribution in [0.15, 0.2) is 36.5 Å². The van der Waals surface area contributed by atoms with Gasteiger partial charge in [0, 0.05) is 17.3 Å². The van der Waals surface area contributed by atoms with Crippen LogP contribution in [0.3, 0.4) is 0 Å². The molecule has 0 aliphatic rings. The highest BCUT2D eigenvalue weighted by molar-refractivity contribution is 6.30. The molecule has 0 spiro atoms. The molecule has 5 nitrogen and oxygen atoms in total. The van der Waals surface area contributed by atoms with E-state index in [1.54, 1.807) is 22.9 Å². The van der Waals surface area contributed by atoms with Crippen LogP contribution in [0.2, 0.25) is 5.02 Å². The topological polar surface area (TPSA) is 65.1 Å². The molecular formula is C12H9ClN2O3. The smallest absolute Gasteiger partial charge is 0.274 e. The molecule has 0 amide bonds. The lowest BCUT2D eigenvalue weighted by Gasteiger charge is -2.06. The van der Waals surface area contributed by atoms with Crippen LogP contribution in [0.25, 0.3) is 0 Å².